The molecule has 0 aromatic heterocycles. The Kier molecular flexibility index (Phi) is 24.6. The number of hydrogen-bond acceptors (Lipinski definition) is 20. The van der Waals surface area contributed by atoms with Crippen LogP contribution in [0.4, 0.5) is 0 Å². The molecule has 0 aliphatic carbocycles. The van der Waals surface area contributed by atoms with Crippen LogP contribution in [0.5, 0.6) is 40.2 Å². The topological polar surface area (TPSA) is 265 Å². The summed E-state index contributed by atoms with van der Waals surface area (Å²) in [6.45, 7) is -0.0449. The summed E-state index contributed by atoms with van der Waals surface area (Å²) in [6.07, 6.45) is -3.96. The van der Waals surface area contributed by atoms with Gasteiger partial charge in [-0.15, -0.1) is 0 Å². The average Bonchev–Trinajstić information content (AvgIpc) is 0.768. The monoisotopic (exact) mass is 1580 g/mol. The van der Waals surface area contributed by atoms with E-state index >= 15 is 0 Å². The Hall–Kier alpha value is -10.3. The second-order valence-corrected chi connectivity index (χ2v) is 37.0. The predicted octanol–water partition coefficient (Wildman–Crippen LogP) is 15.1. The molecule has 11 aromatic rings. The van der Waals surface area contributed by atoms with E-state index in [2.05, 4.69) is 0 Å². The molecule has 24 heteroatoms. The Bertz CT molecular complexity index is 5250. The molecule has 20 nitrogen and oxygen atoms in total. The molecular weight excluding hydrogens is 1500 g/mol. The first-order valence-corrected chi connectivity index (χ1v) is 44.1. The molecule has 112 heavy (non-hydrogen) atoms. The molecule has 0 radical (unpaired) electrons. The number of para-hydroxylation sites is 7. The van der Waals surface area contributed by atoms with Crippen LogP contribution in [-0.4, -0.2) is 131 Å². The van der Waals surface area contributed by atoms with Crippen LogP contribution in [-0.2, 0) is 59.6 Å². The Morgan fingerprint density at radius 3 is 0.991 bits per heavy atom. The number of methoxy groups -OCH3 is 2. The number of rotatable bonds is 30. The third-order valence-electron chi connectivity index (χ3n) is 19.6. The van der Waals surface area contributed by atoms with E-state index in [1.54, 1.807) is 60.7 Å². The summed E-state index contributed by atoms with van der Waals surface area (Å²) in [5.74, 6) is 1.16. The smallest absolute Gasteiger partial charge is 0.310 e. The van der Waals surface area contributed by atoms with Crippen LogP contribution in [0.2, 0.25) is 0 Å². The quantitative estimate of drug-likeness (QED) is 0.0214. The molecule has 0 bridgehead atoms. The lowest BCUT2D eigenvalue weighted by Crippen LogP contribution is -2.30. The summed E-state index contributed by atoms with van der Waals surface area (Å²) in [7, 11) is -11.3. The van der Waals surface area contributed by atoms with Crippen LogP contribution in [0.1, 0.15) is 28.7 Å². The lowest BCUT2D eigenvalue weighted by atomic mass is 9.96. The van der Waals surface area contributed by atoms with Crippen molar-refractivity contribution in [3.63, 3.8) is 0 Å². The first-order valence-electron chi connectivity index (χ1n) is 36.8. The van der Waals surface area contributed by atoms with Crippen molar-refractivity contribution < 1.29 is 94.4 Å². The van der Waals surface area contributed by atoms with Crippen LogP contribution in [0.25, 0.3) is 44.5 Å². The molecule has 0 saturated carbocycles. The maximum atomic E-state index is 14.9. The number of carbonyl (C=O) groups excluding carboxylic acids is 2. The van der Waals surface area contributed by atoms with Gasteiger partial charge in [0.05, 0.1) is 89.7 Å². The first kappa shape index (κ1) is 78.4. The average molecular weight is 1590 g/mol. The van der Waals surface area contributed by atoms with Gasteiger partial charge in [0, 0.05) is 49.3 Å². The Morgan fingerprint density at radius 2 is 0.625 bits per heavy atom. The highest BCUT2D eigenvalue weighted by atomic mass is 31.2. The number of carbonyl (C=O) groups is 2. The van der Waals surface area contributed by atoms with Crippen molar-refractivity contribution in [3.8, 4) is 84.8 Å². The standard InChI is InChI=1S/C65H57O12P3.C23H27O8P/c66-48(41-78(69)62-33-14-6-25-54(62)51-22-3-11-30-59(51)75-78)38-72-57-28-9-1-18-44(57)36-46-20-17-21-47(65(46)74-40-50(68)43-80(71)64-35-16-8-27-56(64)53-24-5-13-32-61(53)77-80)37-45-19-2-10-29-58(45)73-39-49(67)42-79(70)63-34-15-7-26-55(63)52-23-4-12-31-60(52)76-79;1-27-11-13-29-22(24)15-17(23(25)30-14-12-28-2)16-32(26)21-10-6-4-8-19(21)18-7-3-5-9-20(18)31-32/h1-35,48-50,66-68H,36-43H2;3-10,17H,11-16H2,1-2H3. The van der Waals surface area contributed by atoms with Crippen LogP contribution in [0.3, 0.4) is 0 Å². The van der Waals surface area contributed by atoms with Gasteiger partial charge in [0.2, 0.25) is 0 Å². The second kappa shape index (κ2) is 35.2. The number of ether oxygens (including phenoxy) is 7. The zero-order valence-corrected chi connectivity index (χ0v) is 65.2. The van der Waals surface area contributed by atoms with Gasteiger partial charge in [-0.2, -0.15) is 0 Å². The molecule has 11 aromatic carbocycles. The van der Waals surface area contributed by atoms with E-state index in [0.29, 0.717) is 74.3 Å². The molecule has 3 N–H and O–H groups in total. The molecule has 0 saturated heterocycles. The Labute approximate surface area is 649 Å². The molecule has 8 atom stereocenters. The molecule has 576 valence electrons. The van der Waals surface area contributed by atoms with Gasteiger partial charge in [-0.1, -0.05) is 200 Å². The summed E-state index contributed by atoms with van der Waals surface area (Å²) in [5, 5.41) is 37.0. The normalized spacial score (nSPS) is 18.8. The number of aliphatic hydroxyl groups is 3. The van der Waals surface area contributed by atoms with Crippen molar-refractivity contribution >= 4 is 62.6 Å². The van der Waals surface area contributed by atoms with E-state index in [9.17, 15) is 43.2 Å². The summed E-state index contributed by atoms with van der Waals surface area (Å²) in [5.41, 5.74) is 9.56. The summed E-state index contributed by atoms with van der Waals surface area (Å²) >= 11 is 0. The van der Waals surface area contributed by atoms with Crippen molar-refractivity contribution in [3.05, 3.63) is 283 Å². The molecule has 4 heterocycles. The summed E-state index contributed by atoms with van der Waals surface area (Å²) in [6, 6.07) is 79.8. The van der Waals surface area contributed by atoms with Crippen molar-refractivity contribution in [2.24, 2.45) is 5.92 Å². The van der Waals surface area contributed by atoms with E-state index in [1.165, 1.54) is 14.2 Å². The first-order chi connectivity index (χ1) is 54.4. The highest BCUT2D eigenvalue weighted by Gasteiger charge is 2.44. The fourth-order valence-electron chi connectivity index (χ4n) is 14.4. The van der Waals surface area contributed by atoms with Gasteiger partial charge < -0.3 is 66.6 Å². The molecular formula is C88H84O20P4. The van der Waals surface area contributed by atoms with Gasteiger partial charge in [-0.25, -0.2) is 0 Å². The number of hydrogen-bond donors (Lipinski definition) is 3. The predicted molar refractivity (Wildman–Crippen MR) is 432 cm³/mol. The van der Waals surface area contributed by atoms with E-state index in [-0.39, 0.29) is 77.3 Å². The fraction of sp³-hybridized carbons (Fsp3) is 0.227. The Balaban J connectivity index is 0.000000272. The molecule has 0 amide bonds. The minimum atomic E-state index is -3.64. The maximum absolute atomic E-state index is 14.9. The lowest BCUT2D eigenvalue weighted by Gasteiger charge is -2.30. The molecule has 0 spiro atoms. The fourth-order valence-corrected chi connectivity index (χ4v) is 24.2. The van der Waals surface area contributed by atoms with E-state index < -0.39 is 65.6 Å². The highest BCUT2D eigenvalue weighted by Crippen LogP contribution is 2.59. The minimum absolute atomic E-state index is 0.0230. The third-order valence-corrected chi connectivity index (χ3v) is 29.7. The summed E-state index contributed by atoms with van der Waals surface area (Å²) in [4.78, 5) is 25.1. The minimum Gasteiger partial charge on any atom is -0.491 e. The van der Waals surface area contributed by atoms with Gasteiger partial charge in [-0.3, -0.25) is 27.8 Å². The van der Waals surface area contributed by atoms with E-state index in [4.69, 9.17) is 51.3 Å². The van der Waals surface area contributed by atoms with Crippen LogP contribution >= 0.6 is 29.5 Å². The molecule has 15 rings (SSSR count). The molecule has 4 aliphatic heterocycles. The third kappa shape index (κ3) is 17.6. The van der Waals surface area contributed by atoms with Gasteiger partial charge in [-0.05, 0) is 105 Å². The van der Waals surface area contributed by atoms with Gasteiger partial charge in [0.15, 0.2) is 0 Å². The van der Waals surface area contributed by atoms with Crippen LogP contribution in [0.15, 0.2) is 261 Å². The van der Waals surface area contributed by atoms with Crippen molar-refractivity contribution in [2.75, 3.05) is 85.1 Å². The molecule has 0 fully saturated rings. The lowest BCUT2D eigenvalue weighted by molar-refractivity contribution is -0.155. The highest BCUT2D eigenvalue weighted by molar-refractivity contribution is 7.69. The van der Waals surface area contributed by atoms with Crippen molar-refractivity contribution in [1.29, 1.82) is 0 Å². The van der Waals surface area contributed by atoms with E-state index in [1.807, 2.05) is 200 Å². The van der Waals surface area contributed by atoms with Crippen LogP contribution in [0, 0.1) is 5.92 Å². The SMILES string of the molecule is COCCOC(=O)CC(CP1(=O)Oc2ccccc2-c2ccccc21)C(=O)OCCOC.O=P1(CC(O)COc2ccccc2Cc2cccc(Cc3ccccc3OCC(O)CP3(=O)Oc4ccccc4-c4ccccc43)c2OCC(O)CP2(=O)Oc3ccccc3-c3ccccc32)Oc2ccccc2-c2ccccc21. The van der Waals surface area contributed by atoms with Crippen molar-refractivity contribution in [2.45, 2.75) is 37.6 Å². The van der Waals surface area contributed by atoms with E-state index in [0.717, 1.165) is 66.8 Å². The van der Waals surface area contributed by atoms with Gasteiger partial charge in [0.1, 0.15) is 73.3 Å². The zero-order chi connectivity index (χ0) is 77.8. The van der Waals surface area contributed by atoms with Crippen molar-refractivity contribution in [1.82, 2.24) is 0 Å². The number of esters is 2. The zero-order valence-electron chi connectivity index (χ0n) is 61.6. The molecule has 8 unspecified atom stereocenters. The van der Waals surface area contributed by atoms with Gasteiger partial charge >= 0.3 is 11.9 Å². The number of benzene rings is 11. The van der Waals surface area contributed by atoms with Gasteiger partial charge in [0.25, 0.3) is 29.5 Å². The second-order valence-electron chi connectivity index (χ2n) is 27.5. The largest absolute Gasteiger partial charge is 0.491 e. The maximum Gasteiger partial charge on any atom is 0.310 e. The van der Waals surface area contributed by atoms with Crippen LogP contribution < -0.4 is 53.5 Å². The Morgan fingerprint density at radius 1 is 0.330 bits per heavy atom. The number of fused-ring (bicyclic) bond motifs is 12. The molecule has 4 aliphatic rings. The summed E-state index contributed by atoms with van der Waals surface area (Å²) < 4.78 is 122. The number of aliphatic hydroxyl groups excluding tert-OH is 3.